The molecule has 0 amide bonds. The first-order chi connectivity index (χ1) is 12.0. The van der Waals surface area contributed by atoms with E-state index in [0.29, 0.717) is 21.7 Å². The van der Waals surface area contributed by atoms with Crippen LogP contribution in [0.15, 0.2) is 0 Å². The van der Waals surface area contributed by atoms with E-state index < -0.39 is 0 Å². The molecule has 0 spiro atoms. The standard InChI is InChI=1S/C10H22.C6H14.C5H12.C4H10.C3H8.6CH4/c1-7-10(5,6)8-9(2,3)4;1-5-6(2,3)4;1-5(2,3)4;1-4(2)3;1-3-2;;;;;;/h7-8H2,1-6H3;5H2,1-4H3;1-4H3;4H,1-3H3;3H2,1-2H3;6*1H4. The molecule has 0 heterocycles. The third kappa shape index (κ3) is 214. The van der Waals surface area contributed by atoms with Crippen molar-refractivity contribution < 1.29 is 0 Å². The van der Waals surface area contributed by atoms with E-state index in [4.69, 9.17) is 0 Å². The van der Waals surface area contributed by atoms with Gasteiger partial charge in [0.1, 0.15) is 0 Å². The Labute approximate surface area is 229 Å². The third-order valence-electron chi connectivity index (χ3n) is 3.03. The monoisotopic (exact) mass is 499 g/mol. The van der Waals surface area contributed by atoms with Crippen molar-refractivity contribution >= 4 is 0 Å². The molecule has 0 aliphatic heterocycles. The maximum atomic E-state index is 2.35. The summed E-state index contributed by atoms with van der Waals surface area (Å²) < 4.78 is 0. The first-order valence-corrected chi connectivity index (χ1v) is 12.0. The van der Waals surface area contributed by atoms with Gasteiger partial charge in [-0.05, 0) is 34.0 Å². The second-order valence-corrected chi connectivity index (χ2v) is 13.6. The Kier molecular flexibility index (Phi) is 72.4. The van der Waals surface area contributed by atoms with Crippen molar-refractivity contribution in [1.29, 1.82) is 0 Å². The second kappa shape index (κ2) is 35.2. The fraction of sp³-hybridized carbons (Fsp3) is 1.00. The summed E-state index contributed by atoms with van der Waals surface area (Å²) in [4.78, 5) is 0. The minimum absolute atomic E-state index is 0. The summed E-state index contributed by atoms with van der Waals surface area (Å²) in [6, 6.07) is 0. The first-order valence-electron chi connectivity index (χ1n) is 12.0. The van der Waals surface area contributed by atoms with Gasteiger partial charge < -0.3 is 0 Å². The molecular formula is C34H90. The second-order valence-electron chi connectivity index (χ2n) is 13.6. The van der Waals surface area contributed by atoms with Crippen LogP contribution in [0.3, 0.4) is 0 Å². The summed E-state index contributed by atoms with van der Waals surface area (Å²) in [5.74, 6) is 0.833. The molecule has 0 saturated heterocycles. The zero-order valence-corrected chi connectivity index (χ0v) is 24.4. The average molecular weight is 499 g/mol. The lowest BCUT2D eigenvalue weighted by atomic mass is 9.75. The van der Waals surface area contributed by atoms with Crippen molar-refractivity contribution in [3.05, 3.63) is 0 Å². The summed E-state index contributed by atoms with van der Waals surface area (Å²) in [5.41, 5.74) is 2.05. The quantitative estimate of drug-likeness (QED) is 0.355. The van der Waals surface area contributed by atoms with Crippen LogP contribution in [0.5, 0.6) is 0 Å². The SMILES string of the molecule is C.C.C.C.C.C.CC(C)(C)C.CC(C)C.CCC.CCC(C)(C)C.CCC(C)(C)CC(C)(C)C. The normalized spacial score (nSPS) is 9.53. The lowest BCUT2D eigenvalue weighted by Crippen LogP contribution is -2.19. The molecular weight excluding hydrogens is 408 g/mol. The van der Waals surface area contributed by atoms with E-state index in [0.717, 1.165) is 5.92 Å². The molecule has 0 aromatic carbocycles. The molecule has 0 rings (SSSR count). The Morgan fingerprint density at radius 3 is 0.618 bits per heavy atom. The van der Waals surface area contributed by atoms with E-state index >= 15 is 0 Å². The highest BCUT2D eigenvalue weighted by Crippen LogP contribution is 2.35. The average Bonchev–Trinajstić information content (AvgIpc) is 2.34. The molecule has 0 N–H and O–H groups in total. The molecule has 0 unspecified atom stereocenters. The van der Waals surface area contributed by atoms with Crippen molar-refractivity contribution in [2.45, 2.75) is 202 Å². The number of hydrogen-bond donors (Lipinski definition) is 0. The Balaban J connectivity index is -0.0000000219. The smallest absolute Gasteiger partial charge is 0.0352 e. The van der Waals surface area contributed by atoms with E-state index in [9.17, 15) is 0 Å². The molecule has 0 fully saturated rings. The predicted octanol–water partition coefficient (Wildman–Crippen LogP) is 15.2. The molecule has 0 aromatic heterocycles. The first kappa shape index (κ1) is 70.0. The van der Waals surface area contributed by atoms with Gasteiger partial charge in [-0.2, -0.15) is 0 Å². The lowest BCUT2D eigenvalue weighted by Gasteiger charge is -2.31. The largest absolute Gasteiger partial charge is 0.0776 e. The van der Waals surface area contributed by atoms with Gasteiger partial charge >= 0.3 is 0 Å². The summed E-state index contributed by atoms with van der Waals surface area (Å²) in [6.07, 6.45) is 5.12. The van der Waals surface area contributed by atoms with Gasteiger partial charge in [0, 0.05) is 0 Å². The van der Waals surface area contributed by atoms with Gasteiger partial charge in [0.25, 0.3) is 0 Å². The van der Waals surface area contributed by atoms with Crippen LogP contribution in [0, 0.1) is 27.6 Å². The van der Waals surface area contributed by atoms with E-state index in [1.165, 1.54) is 25.7 Å². The summed E-state index contributed by atoms with van der Waals surface area (Å²) in [6.45, 7) is 42.3. The van der Waals surface area contributed by atoms with E-state index in [1.54, 1.807) is 0 Å². The Hall–Kier alpha value is 0. The van der Waals surface area contributed by atoms with Gasteiger partial charge in [-0.3, -0.25) is 0 Å². The van der Waals surface area contributed by atoms with E-state index in [2.05, 4.69) is 132 Å². The van der Waals surface area contributed by atoms with Crippen LogP contribution in [0.25, 0.3) is 0 Å². The Morgan fingerprint density at radius 2 is 0.588 bits per heavy atom. The molecule has 0 nitrogen and oxygen atoms in total. The summed E-state index contributed by atoms with van der Waals surface area (Å²) in [5, 5.41) is 0. The van der Waals surface area contributed by atoms with Crippen molar-refractivity contribution in [2.24, 2.45) is 27.6 Å². The summed E-state index contributed by atoms with van der Waals surface area (Å²) >= 11 is 0. The minimum Gasteiger partial charge on any atom is -0.0776 e. The van der Waals surface area contributed by atoms with Crippen molar-refractivity contribution in [1.82, 2.24) is 0 Å². The van der Waals surface area contributed by atoms with Crippen LogP contribution in [0.4, 0.5) is 0 Å². The number of hydrogen-bond acceptors (Lipinski definition) is 0. The minimum atomic E-state index is 0. The van der Waals surface area contributed by atoms with Crippen molar-refractivity contribution in [3.8, 4) is 0 Å². The fourth-order valence-electron chi connectivity index (χ4n) is 1.56. The number of rotatable bonds is 2. The van der Waals surface area contributed by atoms with Crippen molar-refractivity contribution in [3.63, 3.8) is 0 Å². The molecule has 0 atom stereocenters. The van der Waals surface area contributed by atoms with E-state index in [1.807, 2.05) is 0 Å². The van der Waals surface area contributed by atoms with Gasteiger partial charge in [0.05, 0.1) is 0 Å². The fourth-order valence-corrected chi connectivity index (χ4v) is 1.56. The van der Waals surface area contributed by atoms with Gasteiger partial charge in [-0.1, -0.05) is 195 Å². The van der Waals surface area contributed by atoms with Crippen LogP contribution >= 0.6 is 0 Å². The lowest BCUT2D eigenvalue weighted by molar-refractivity contribution is 0.206. The molecule has 0 aromatic rings. The van der Waals surface area contributed by atoms with Gasteiger partial charge in [0.2, 0.25) is 0 Å². The van der Waals surface area contributed by atoms with Crippen LogP contribution in [0.1, 0.15) is 202 Å². The molecule has 0 heteroatoms. The molecule has 0 saturated carbocycles. The zero-order valence-electron chi connectivity index (χ0n) is 24.4. The highest BCUT2D eigenvalue weighted by Gasteiger charge is 2.23. The zero-order chi connectivity index (χ0) is 24.4. The van der Waals surface area contributed by atoms with Crippen LogP contribution in [0.2, 0.25) is 0 Å². The van der Waals surface area contributed by atoms with Gasteiger partial charge in [-0.25, -0.2) is 0 Å². The maximum absolute atomic E-state index is 2.35. The van der Waals surface area contributed by atoms with Crippen LogP contribution in [-0.4, -0.2) is 0 Å². The third-order valence-corrected chi connectivity index (χ3v) is 3.03. The highest BCUT2D eigenvalue weighted by atomic mass is 14.3. The highest BCUT2D eigenvalue weighted by molar-refractivity contribution is 4.74. The van der Waals surface area contributed by atoms with Crippen LogP contribution in [-0.2, 0) is 0 Å². The van der Waals surface area contributed by atoms with Gasteiger partial charge in [-0.15, -0.1) is 0 Å². The topological polar surface area (TPSA) is 0 Å². The van der Waals surface area contributed by atoms with Crippen LogP contribution < -0.4 is 0 Å². The summed E-state index contributed by atoms with van der Waals surface area (Å²) in [7, 11) is 0. The maximum Gasteiger partial charge on any atom is -0.0352 e. The molecule has 34 heavy (non-hydrogen) atoms. The van der Waals surface area contributed by atoms with Gasteiger partial charge in [0.15, 0.2) is 0 Å². The molecule has 226 valence electrons. The Morgan fingerprint density at radius 1 is 0.441 bits per heavy atom. The molecule has 0 radical (unpaired) electrons. The Bertz CT molecular complexity index is 264. The van der Waals surface area contributed by atoms with E-state index in [-0.39, 0.29) is 44.6 Å². The van der Waals surface area contributed by atoms with Crippen molar-refractivity contribution in [2.75, 3.05) is 0 Å². The predicted molar refractivity (Wildman–Crippen MR) is 180 cm³/mol. The molecule has 0 aliphatic rings. The molecule has 0 bridgehead atoms. The molecule has 0 aliphatic carbocycles.